The van der Waals surface area contributed by atoms with Crippen molar-refractivity contribution in [3.63, 3.8) is 0 Å². The molecule has 1 aliphatic carbocycles. The lowest BCUT2D eigenvalue weighted by Crippen LogP contribution is -2.66. The van der Waals surface area contributed by atoms with E-state index in [0.29, 0.717) is 17.2 Å². The molecule has 1 saturated carbocycles. The van der Waals surface area contributed by atoms with E-state index >= 15 is 0 Å². The molecule has 3 rings (SSSR count). The number of hydrogen-bond donors (Lipinski definition) is 2. The maximum absolute atomic E-state index is 12.5. The fraction of sp³-hybridized carbons (Fsp3) is 0.562. The first-order chi connectivity index (χ1) is 9.41. The van der Waals surface area contributed by atoms with Crippen LogP contribution in [0.2, 0.25) is 0 Å². The Morgan fingerprint density at radius 2 is 2.14 bits per heavy atom. The normalized spacial score (nSPS) is 29.0. The van der Waals surface area contributed by atoms with Crippen LogP contribution >= 0.6 is 12.4 Å². The number of nitrogens with one attached hydrogen (secondary N) is 1. The molecule has 0 radical (unpaired) electrons. The van der Waals surface area contributed by atoms with Gasteiger partial charge in [0.05, 0.1) is 6.10 Å². The van der Waals surface area contributed by atoms with Crippen molar-refractivity contribution in [1.82, 2.24) is 5.32 Å². The second-order valence-corrected chi connectivity index (χ2v) is 6.59. The SMILES string of the molecule is Cc1ccc(N)cc1C(=O)NC1C2CCOC2C1(C)C.Cl. The fourth-order valence-electron chi connectivity index (χ4n) is 3.72. The van der Waals surface area contributed by atoms with Crippen LogP contribution in [0.4, 0.5) is 5.69 Å². The number of nitrogen functional groups attached to an aromatic ring is 1. The highest BCUT2D eigenvalue weighted by Crippen LogP contribution is 2.52. The number of rotatable bonds is 2. The topological polar surface area (TPSA) is 64.4 Å². The molecule has 116 valence electrons. The number of halogens is 1. The number of nitrogens with two attached hydrogens (primary N) is 1. The number of anilines is 1. The Balaban J connectivity index is 0.00000161. The third-order valence-corrected chi connectivity index (χ3v) is 4.89. The highest BCUT2D eigenvalue weighted by Gasteiger charge is 2.59. The second kappa shape index (κ2) is 5.50. The lowest BCUT2D eigenvalue weighted by Gasteiger charge is -2.54. The van der Waals surface area contributed by atoms with Crippen LogP contribution in [0.15, 0.2) is 18.2 Å². The van der Waals surface area contributed by atoms with E-state index in [-0.39, 0.29) is 35.9 Å². The summed E-state index contributed by atoms with van der Waals surface area (Å²) in [7, 11) is 0. The zero-order chi connectivity index (χ0) is 14.5. The highest BCUT2D eigenvalue weighted by atomic mass is 35.5. The fourth-order valence-corrected chi connectivity index (χ4v) is 3.72. The molecule has 2 fully saturated rings. The molecule has 4 nitrogen and oxygen atoms in total. The van der Waals surface area contributed by atoms with Gasteiger partial charge >= 0.3 is 0 Å². The van der Waals surface area contributed by atoms with Crippen molar-refractivity contribution in [2.45, 2.75) is 39.3 Å². The summed E-state index contributed by atoms with van der Waals surface area (Å²) in [6, 6.07) is 5.64. The minimum atomic E-state index is -0.0294. The van der Waals surface area contributed by atoms with E-state index in [1.807, 2.05) is 19.1 Å². The molecule has 0 bridgehead atoms. The molecule has 3 atom stereocenters. The molecule has 3 unspecified atom stereocenters. The number of fused-ring (bicyclic) bond motifs is 1. The lowest BCUT2D eigenvalue weighted by atomic mass is 9.57. The molecular weight excluding hydrogens is 288 g/mol. The number of benzene rings is 1. The van der Waals surface area contributed by atoms with Gasteiger partial charge in [-0.2, -0.15) is 0 Å². The molecule has 1 aliphatic heterocycles. The first-order valence-corrected chi connectivity index (χ1v) is 7.20. The molecule has 21 heavy (non-hydrogen) atoms. The third kappa shape index (κ3) is 2.51. The average Bonchev–Trinajstić information content (AvgIpc) is 2.85. The molecule has 0 aromatic heterocycles. The van der Waals surface area contributed by atoms with Crippen molar-refractivity contribution in [1.29, 1.82) is 0 Å². The van der Waals surface area contributed by atoms with Gasteiger partial charge in [-0.3, -0.25) is 4.79 Å². The Bertz CT molecular complexity index is 559. The summed E-state index contributed by atoms with van der Waals surface area (Å²) in [5.74, 6) is 0.425. The van der Waals surface area contributed by atoms with Crippen LogP contribution in [0.3, 0.4) is 0 Å². The van der Waals surface area contributed by atoms with E-state index in [2.05, 4.69) is 19.2 Å². The molecule has 1 heterocycles. The third-order valence-electron chi connectivity index (χ3n) is 4.89. The van der Waals surface area contributed by atoms with Gasteiger partial charge in [0.15, 0.2) is 0 Å². The Morgan fingerprint density at radius 1 is 1.43 bits per heavy atom. The summed E-state index contributed by atoms with van der Waals surface area (Å²) >= 11 is 0. The van der Waals surface area contributed by atoms with Crippen LogP contribution in [-0.2, 0) is 4.74 Å². The molecule has 5 heteroatoms. The number of hydrogen-bond acceptors (Lipinski definition) is 3. The zero-order valence-electron chi connectivity index (χ0n) is 12.7. The van der Waals surface area contributed by atoms with E-state index < -0.39 is 0 Å². The molecule has 1 aromatic carbocycles. The molecule has 3 N–H and O–H groups in total. The molecule has 0 spiro atoms. The van der Waals surface area contributed by atoms with Crippen LogP contribution in [0, 0.1) is 18.3 Å². The number of carbonyl (C=O) groups excluding carboxylic acids is 1. The standard InChI is InChI=1S/C16H22N2O2.ClH/c1-9-4-5-10(17)8-12(9)15(19)18-13-11-6-7-20-14(11)16(13,2)3;/h4-5,8,11,13-14H,6-7,17H2,1-3H3,(H,18,19);1H. The quantitative estimate of drug-likeness (QED) is 0.825. The van der Waals surface area contributed by atoms with Gasteiger partial charge in [-0.05, 0) is 31.0 Å². The zero-order valence-corrected chi connectivity index (χ0v) is 13.5. The van der Waals surface area contributed by atoms with Crippen LogP contribution in [0.5, 0.6) is 0 Å². The first kappa shape index (κ1) is 16.1. The minimum Gasteiger partial charge on any atom is -0.399 e. The molecule has 1 amide bonds. The van der Waals surface area contributed by atoms with Gasteiger partial charge in [0.25, 0.3) is 5.91 Å². The summed E-state index contributed by atoms with van der Waals surface area (Å²) in [6.07, 6.45) is 1.32. The summed E-state index contributed by atoms with van der Waals surface area (Å²) in [5, 5.41) is 3.19. The van der Waals surface area contributed by atoms with Crippen molar-refractivity contribution in [3.8, 4) is 0 Å². The van der Waals surface area contributed by atoms with Crippen molar-refractivity contribution < 1.29 is 9.53 Å². The number of carbonyl (C=O) groups is 1. The van der Waals surface area contributed by atoms with Gasteiger partial charge in [-0.15, -0.1) is 12.4 Å². The predicted octanol–water partition coefficient (Wildman–Crippen LogP) is 2.54. The largest absolute Gasteiger partial charge is 0.399 e. The van der Waals surface area contributed by atoms with Crippen LogP contribution in [0.1, 0.15) is 36.2 Å². The number of aryl methyl sites for hydroxylation is 1. The summed E-state index contributed by atoms with van der Waals surface area (Å²) in [4.78, 5) is 12.5. The minimum absolute atomic E-state index is 0. The first-order valence-electron chi connectivity index (χ1n) is 7.20. The molecule has 1 saturated heterocycles. The van der Waals surface area contributed by atoms with E-state index in [0.717, 1.165) is 18.6 Å². The van der Waals surface area contributed by atoms with Crippen LogP contribution in [-0.4, -0.2) is 24.7 Å². The van der Waals surface area contributed by atoms with Crippen LogP contribution in [0.25, 0.3) is 0 Å². The predicted molar refractivity (Wildman–Crippen MR) is 85.7 cm³/mol. The second-order valence-electron chi connectivity index (χ2n) is 6.59. The van der Waals surface area contributed by atoms with E-state index in [1.165, 1.54) is 0 Å². The average molecular weight is 311 g/mol. The van der Waals surface area contributed by atoms with Gasteiger partial charge in [0.2, 0.25) is 0 Å². The summed E-state index contributed by atoms with van der Waals surface area (Å²) in [5.41, 5.74) is 8.03. The Morgan fingerprint density at radius 3 is 2.86 bits per heavy atom. The Hall–Kier alpha value is -1.26. The summed E-state index contributed by atoms with van der Waals surface area (Å²) in [6.45, 7) is 7.07. The maximum Gasteiger partial charge on any atom is 0.251 e. The maximum atomic E-state index is 12.5. The van der Waals surface area contributed by atoms with Gasteiger partial charge in [0, 0.05) is 35.2 Å². The monoisotopic (exact) mass is 310 g/mol. The van der Waals surface area contributed by atoms with E-state index in [9.17, 15) is 4.79 Å². The molecular formula is C16H23ClN2O2. The number of ether oxygens (including phenoxy) is 1. The Labute approximate surface area is 131 Å². The van der Waals surface area contributed by atoms with Gasteiger partial charge in [0.1, 0.15) is 0 Å². The Kier molecular flexibility index (Phi) is 4.22. The highest BCUT2D eigenvalue weighted by molar-refractivity contribution is 5.96. The van der Waals surface area contributed by atoms with Crippen molar-refractivity contribution in [2.24, 2.45) is 11.3 Å². The van der Waals surface area contributed by atoms with Crippen LogP contribution < -0.4 is 11.1 Å². The van der Waals surface area contributed by atoms with Crippen molar-refractivity contribution >= 4 is 24.0 Å². The van der Waals surface area contributed by atoms with Crippen molar-refractivity contribution in [2.75, 3.05) is 12.3 Å². The molecule has 1 aromatic rings. The van der Waals surface area contributed by atoms with E-state index in [1.54, 1.807) is 6.07 Å². The van der Waals surface area contributed by atoms with E-state index in [4.69, 9.17) is 10.5 Å². The van der Waals surface area contributed by atoms with Crippen molar-refractivity contribution in [3.05, 3.63) is 29.3 Å². The number of amides is 1. The van der Waals surface area contributed by atoms with Gasteiger partial charge < -0.3 is 15.8 Å². The lowest BCUT2D eigenvalue weighted by molar-refractivity contribution is -0.108. The summed E-state index contributed by atoms with van der Waals surface area (Å²) < 4.78 is 5.76. The molecule has 2 aliphatic rings. The van der Waals surface area contributed by atoms with Gasteiger partial charge in [-0.25, -0.2) is 0 Å². The smallest absolute Gasteiger partial charge is 0.251 e. The van der Waals surface area contributed by atoms with Gasteiger partial charge in [-0.1, -0.05) is 19.9 Å².